The first-order valence-corrected chi connectivity index (χ1v) is 6.75. The SMILES string of the molecule is CC(Nc1ccc(C#N)cc1F)C1CCN(C)CC1. The molecule has 1 heterocycles. The van der Waals surface area contributed by atoms with Gasteiger partial charge in [-0.2, -0.15) is 5.26 Å². The minimum absolute atomic E-state index is 0.246. The number of hydrogen-bond acceptors (Lipinski definition) is 3. The summed E-state index contributed by atoms with van der Waals surface area (Å²) < 4.78 is 13.8. The molecule has 4 heteroatoms. The molecule has 0 aromatic heterocycles. The molecule has 19 heavy (non-hydrogen) atoms. The van der Waals surface area contributed by atoms with Crippen molar-refractivity contribution in [2.45, 2.75) is 25.8 Å². The molecule has 0 saturated carbocycles. The molecule has 1 atom stereocenters. The Morgan fingerprint density at radius 2 is 2.11 bits per heavy atom. The van der Waals surface area contributed by atoms with Crippen LogP contribution in [0.15, 0.2) is 18.2 Å². The smallest absolute Gasteiger partial charge is 0.147 e. The fraction of sp³-hybridized carbons (Fsp3) is 0.533. The van der Waals surface area contributed by atoms with Gasteiger partial charge in [-0.1, -0.05) is 0 Å². The third kappa shape index (κ3) is 3.45. The van der Waals surface area contributed by atoms with Gasteiger partial charge in [0.05, 0.1) is 17.3 Å². The average Bonchev–Trinajstić information content (AvgIpc) is 2.41. The quantitative estimate of drug-likeness (QED) is 0.909. The second-order valence-corrected chi connectivity index (χ2v) is 5.38. The molecule has 0 spiro atoms. The summed E-state index contributed by atoms with van der Waals surface area (Å²) in [6.45, 7) is 4.31. The van der Waals surface area contributed by atoms with Crippen molar-refractivity contribution in [1.29, 1.82) is 5.26 Å². The predicted octanol–water partition coefficient (Wildman–Crippen LogP) is 2.84. The van der Waals surface area contributed by atoms with Crippen LogP contribution in [0.25, 0.3) is 0 Å². The third-order valence-corrected chi connectivity index (χ3v) is 3.95. The summed E-state index contributed by atoms with van der Waals surface area (Å²) in [4.78, 5) is 2.32. The zero-order valence-electron chi connectivity index (χ0n) is 11.5. The summed E-state index contributed by atoms with van der Waals surface area (Å²) in [6.07, 6.45) is 2.28. The molecule has 1 N–H and O–H groups in total. The lowest BCUT2D eigenvalue weighted by Crippen LogP contribution is -2.37. The highest BCUT2D eigenvalue weighted by atomic mass is 19.1. The highest BCUT2D eigenvalue weighted by molar-refractivity contribution is 5.49. The number of likely N-dealkylation sites (tertiary alicyclic amines) is 1. The highest BCUT2D eigenvalue weighted by Gasteiger charge is 2.22. The topological polar surface area (TPSA) is 39.1 Å². The number of rotatable bonds is 3. The number of nitrogens with zero attached hydrogens (tertiary/aromatic N) is 2. The lowest BCUT2D eigenvalue weighted by Gasteiger charge is -2.33. The van der Waals surface area contributed by atoms with Crippen LogP contribution in [0, 0.1) is 23.1 Å². The van der Waals surface area contributed by atoms with Crippen molar-refractivity contribution in [2.24, 2.45) is 5.92 Å². The Morgan fingerprint density at radius 3 is 2.68 bits per heavy atom. The Kier molecular flexibility index (Phi) is 4.39. The van der Waals surface area contributed by atoms with E-state index >= 15 is 0 Å². The van der Waals surface area contributed by atoms with Gasteiger partial charge in [-0.15, -0.1) is 0 Å². The van der Waals surface area contributed by atoms with Gasteiger partial charge >= 0.3 is 0 Å². The molecule has 0 amide bonds. The van der Waals surface area contributed by atoms with E-state index in [1.165, 1.54) is 6.07 Å². The van der Waals surface area contributed by atoms with Crippen LogP contribution in [0.5, 0.6) is 0 Å². The molecule has 102 valence electrons. The van der Waals surface area contributed by atoms with Gasteiger partial charge in [-0.25, -0.2) is 4.39 Å². The Bertz CT molecular complexity index is 473. The molecular weight excluding hydrogens is 241 g/mol. The molecule has 3 nitrogen and oxygen atoms in total. The summed E-state index contributed by atoms with van der Waals surface area (Å²) in [5, 5.41) is 12.0. The number of nitriles is 1. The number of benzene rings is 1. The first-order valence-electron chi connectivity index (χ1n) is 6.75. The van der Waals surface area contributed by atoms with Crippen molar-refractivity contribution in [3.05, 3.63) is 29.6 Å². The Hall–Kier alpha value is -1.60. The number of hydrogen-bond donors (Lipinski definition) is 1. The van der Waals surface area contributed by atoms with Gasteiger partial charge in [0, 0.05) is 6.04 Å². The standard InChI is InChI=1S/C15H20FN3/c1-11(13-5-7-19(2)8-6-13)18-15-4-3-12(10-17)9-14(15)16/h3-4,9,11,13,18H,5-8H2,1-2H3. The normalized spacial score (nSPS) is 18.8. The molecular formula is C15H20FN3. The molecule has 1 aliphatic rings. The van der Waals surface area contributed by atoms with E-state index in [1.54, 1.807) is 12.1 Å². The van der Waals surface area contributed by atoms with E-state index in [0.29, 0.717) is 17.2 Å². The summed E-state index contributed by atoms with van der Waals surface area (Å²) >= 11 is 0. The Balaban J connectivity index is 1.99. The Morgan fingerprint density at radius 1 is 1.42 bits per heavy atom. The summed E-state index contributed by atoms with van der Waals surface area (Å²) in [7, 11) is 2.13. The van der Waals surface area contributed by atoms with Crippen LogP contribution in [0.4, 0.5) is 10.1 Å². The first-order chi connectivity index (χ1) is 9.10. The largest absolute Gasteiger partial charge is 0.380 e. The minimum atomic E-state index is -0.348. The lowest BCUT2D eigenvalue weighted by atomic mass is 9.90. The van der Waals surface area contributed by atoms with Crippen molar-refractivity contribution < 1.29 is 4.39 Å². The van der Waals surface area contributed by atoms with E-state index in [-0.39, 0.29) is 11.9 Å². The molecule has 1 fully saturated rings. The van der Waals surface area contributed by atoms with Crippen LogP contribution in [0.1, 0.15) is 25.3 Å². The van der Waals surface area contributed by atoms with Crippen molar-refractivity contribution in [3.8, 4) is 6.07 Å². The third-order valence-electron chi connectivity index (χ3n) is 3.95. The summed E-state index contributed by atoms with van der Waals surface area (Å²) in [6, 6.07) is 6.77. The van der Waals surface area contributed by atoms with Crippen LogP contribution in [0.3, 0.4) is 0 Å². The maximum Gasteiger partial charge on any atom is 0.147 e. The maximum absolute atomic E-state index is 13.8. The van der Waals surface area contributed by atoms with Crippen molar-refractivity contribution in [3.63, 3.8) is 0 Å². The number of nitrogens with one attached hydrogen (secondary N) is 1. The minimum Gasteiger partial charge on any atom is -0.380 e. The van der Waals surface area contributed by atoms with E-state index in [9.17, 15) is 4.39 Å². The second kappa shape index (κ2) is 6.03. The molecule has 0 bridgehead atoms. The van der Waals surface area contributed by atoms with E-state index in [1.807, 2.05) is 6.07 Å². The number of piperidine rings is 1. The molecule has 2 rings (SSSR count). The monoisotopic (exact) mass is 261 g/mol. The van der Waals surface area contributed by atoms with E-state index < -0.39 is 0 Å². The van der Waals surface area contributed by atoms with Crippen LogP contribution in [0.2, 0.25) is 0 Å². The van der Waals surface area contributed by atoms with Gasteiger partial charge in [0.25, 0.3) is 0 Å². The zero-order valence-corrected chi connectivity index (χ0v) is 11.5. The van der Waals surface area contributed by atoms with Gasteiger partial charge in [-0.3, -0.25) is 0 Å². The van der Waals surface area contributed by atoms with Crippen LogP contribution >= 0.6 is 0 Å². The predicted molar refractivity (Wildman–Crippen MR) is 74.4 cm³/mol. The number of halogens is 1. The van der Waals surface area contributed by atoms with Crippen LogP contribution in [-0.4, -0.2) is 31.1 Å². The molecule has 0 aliphatic carbocycles. The fourth-order valence-electron chi connectivity index (χ4n) is 2.59. The van der Waals surface area contributed by atoms with Crippen LogP contribution < -0.4 is 5.32 Å². The highest BCUT2D eigenvalue weighted by Crippen LogP contribution is 2.24. The summed E-state index contributed by atoms with van der Waals surface area (Å²) in [5.74, 6) is 0.227. The van der Waals surface area contributed by atoms with Gasteiger partial charge < -0.3 is 10.2 Å². The zero-order chi connectivity index (χ0) is 13.8. The van der Waals surface area contributed by atoms with Crippen molar-refractivity contribution in [2.75, 3.05) is 25.5 Å². The molecule has 1 aromatic carbocycles. The molecule has 1 unspecified atom stereocenters. The molecule has 1 aromatic rings. The molecule has 0 radical (unpaired) electrons. The van der Waals surface area contributed by atoms with Gasteiger partial charge in [0.1, 0.15) is 5.82 Å². The average molecular weight is 261 g/mol. The van der Waals surface area contributed by atoms with E-state index in [4.69, 9.17) is 5.26 Å². The Labute approximate surface area is 114 Å². The maximum atomic E-state index is 13.8. The van der Waals surface area contributed by atoms with Gasteiger partial charge in [-0.05, 0) is 64.0 Å². The van der Waals surface area contributed by atoms with Crippen LogP contribution in [-0.2, 0) is 0 Å². The second-order valence-electron chi connectivity index (χ2n) is 5.38. The van der Waals surface area contributed by atoms with Crippen molar-refractivity contribution >= 4 is 5.69 Å². The molecule has 1 saturated heterocycles. The van der Waals surface area contributed by atoms with E-state index in [0.717, 1.165) is 25.9 Å². The summed E-state index contributed by atoms with van der Waals surface area (Å²) in [5.41, 5.74) is 0.848. The first kappa shape index (κ1) is 13.8. The van der Waals surface area contributed by atoms with Gasteiger partial charge in [0.2, 0.25) is 0 Å². The van der Waals surface area contributed by atoms with E-state index in [2.05, 4.69) is 24.2 Å². The van der Waals surface area contributed by atoms with Gasteiger partial charge in [0.15, 0.2) is 0 Å². The lowest BCUT2D eigenvalue weighted by molar-refractivity contribution is 0.208. The fourth-order valence-corrected chi connectivity index (χ4v) is 2.59. The molecule has 1 aliphatic heterocycles. The number of anilines is 1. The van der Waals surface area contributed by atoms with Crippen molar-refractivity contribution in [1.82, 2.24) is 4.90 Å².